The molecule has 1 aromatic carbocycles. The van der Waals surface area contributed by atoms with Gasteiger partial charge in [-0.1, -0.05) is 28.1 Å². The van der Waals surface area contributed by atoms with E-state index >= 15 is 0 Å². The van der Waals surface area contributed by atoms with Crippen molar-refractivity contribution in [1.29, 1.82) is 0 Å². The predicted molar refractivity (Wildman–Crippen MR) is 79.4 cm³/mol. The molecule has 0 aliphatic heterocycles. The van der Waals surface area contributed by atoms with Gasteiger partial charge in [-0.2, -0.15) is 0 Å². The van der Waals surface area contributed by atoms with Crippen molar-refractivity contribution in [3.8, 4) is 5.88 Å². The highest BCUT2D eigenvalue weighted by Crippen LogP contribution is 2.22. The van der Waals surface area contributed by atoms with E-state index in [4.69, 9.17) is 4.74 Å². The van der Waals surface area contributed by atoms with E-state index in [9.17, 15) is 0 Å². The molecule has 5 heteroatoms. The van der Waals surface area contributed by atoms with Crippen LogP contribution in [0, 0.1) is 0 Å². The minimum absolute atomic E-state index is 0.155. The van der Waals surface area contributed by atoms with Crippen LogP contribution in [0.1, 0.15) is 25.5 Å². The first-order valence-electron chi connectivity index (χ1n) is 6.16. The molecule has 0 spiro atoms. The number of hydrogen-bond acceptors (Lipinski definition) is 4. The average molecular weight is 322 g/mol. The minimum Gasteiger partial charge on any atom is -0.478 e. The Morgan fingerprint density at radius 1 is 1.32 bits per heavy atom. The second kappa shape index (κ2) is 6.52. The lowest BCUT2D eigenvalue weighted by molar-refractivity contribution is 0.326. The third-order valence-corrected chi connectivity index (χ3v) is 3.14. The molecule has 1 atom stereocenters. The summed E-state index contributed by atoms with van der Waals surface area (Å²) in [6.07, 6.45) is 1.50. The van der Waals surface area contributed by atoms with Gasteiger partial charge in [-0.05, 0) is 31.5 Å². The van der Waals surface area contributed by atoms with Crippen molar-refractivity contribution in [2.24, 2.45) is 0 Å². The van der Waals surface area contributed by atoms with Gasteiger partial charge in [-0.3, -0.25) is 0 Å². The molecule has 1 aromatic heterocycles. The molecule has 2 aromatic rings. The third kappa shape index (κ3) is 3.92. The molecule has 2 rings (SSSR count). The Kier molecular flexibility index (Phi) is 4.74. The van der Waals surface area contributed by atoms with Gasteiger partial charge in [0.15, 0.2) is 0 Å². The van der Waals surface area contributed by atoms with E-state index in [1.807, 2.05) is 19.1 Å². The second-order valence-electron chi connectivity index (χ2n) is 4.10. The van der Waals surface area contributed by atoms with E-state index in [0.29, 0.717) is 12.5 Å². The van der Waals surface area contributed by atoms with Crippen LogP contribution in [-0.2, 0) is 0 Å². The highest BCUT2D eigenvalue weighted by molar-refractivity contribution is 9.10. The summed E-state index contributed by atoms with van der Waals surface area (Å²) in [5, 5.41) is 3.33. The molecular weight excluding hydrogens is 306 g/mol. The summed E-state index contributed by atoms with van der Waals surface area (Å²) in [4.78, 5) is 8.24. The lowest BCUT2D eigenvalue weighted by atomic mass is 10.1. The molecule has 0 fully saturated rings. The lowest BCUT2D eigenvalue weighted by Gasteiger charge is -2.15. The maximum absolute atomic E-state index is 5.35. The van der Waals surface area contributed by atoms with E-state index in [2.05, 4.69) is 50.3 Å². The molecule has 19 heavy (non-hydrogen) atoms. The van der Waals surface area contributed by atoms with Crippen LogP contribution in [0.3, 0.4) is 0 Å². The normalized spacial score (nSPS) is 11.9. The van der Waals surface area contributed by atoms with Crippen LogP contribution in [-0.4, -0.2) is 16.6 Å². The van der Waals surface area contributed by atoms with Crippen LogP contribution < -0.4 is 10.1 Å². The summed E-state index contributed by atoms with van der Waals surface area (Å²) < 4.78 is 6.42. The van der Waals surface area contributed by atoms with Crippen LogP contribution in [0.5, 0.6) is 5.88 Å². The fraction of sp³-hybridized carbons (Fsp3) is 0.286. The highest BCUT2D eigenvalue weighted by Gasteiger charge is 2.07. The first kappa shape index (κ1) is 13.8. The number of ether oxygens (including phenoxy) is 1. The molecule has 1 N–H and O–H groups in total. The fourth-order valence-electron chi connectivity index (χ4n) is 1.73. The molecule has 0 saturated heterocycles. The molecule has 0 radical (unpaired) electrons. The highest BCUT2D eigenvalue weighted by atomic mass is 79.9. The van der Waals surface area contributed by atoms with Crippen molar-refractivity contribution >= 4 is 21.7 Å². The first-order chi connectivity index (χ1) is 9.19. The van der Waals surface area contributed by atoms with Gasteiger partial charge < -0.3 is 10.1 Å². The monoisotopic (exact) mass is 321 g/mol. The van der Waals surface area contributed by atoms with Crippen molar-refractivity contribution in [2.45, 2.75) is 19.9 Å². The van der Waals surface area contributed by atoms with E-state index < -0.39 is 0 Å². The minimum atomic E-state index is 0.155. The molecule has 0 aliphatic rings. The summed E-state index contributed by atoms with van der Waals surface area (Å²) in [5.74, 6) is 1.34. The predicted octanol–water partition coefficient (Wildman–Crippen LogP) is 3.81. The van der Waals surface area contributed by atoms with Crippen molar-refractivity contribution in [3.63, 3.8) is 0 Å². The summed E-state index contributed by atoms with van der Waals surface area (Å²) >= 11 is 3.47. The largest absolute Gasteiger partial charge is 0.478 e. The molecule has 0 saturated carbocycles. The Hall–Kier alpha value is -1.62. The van der Waals surface area contributed by atoms with Gasteiger partial charge in [-0.25, -0.2) is 9.97 Å². The zero-order chi connectivity index (χ0) is 13.7. The molecule has 4 nitrogen and oxygen atoms in total. The average Bonchev–Trinajstić information content (AvgIpc) is 2.39. The molecule has 0 bridgehead atoms. The molecule has 0 amide bonds. The summed E-state index contributed by atoms with van der Waals surface area (Å²) in [6, 6.07) is 10.1. The maximum Gasteiger partial charge on any atom is 0.218 e. The number of nitrogens with zero attached hydrogens (tertiary/aromatic N) is 2. The Morgan fingerprint density at radius 3 is 2.89 bits per heavy atom. The topological polar surface area (TPSA) is 47.0 Å². The molecular formula is C14H16BrN3O. The Labute approximate surface area is 121 Å². The van der Waals surface area contributed by atoms with E-state index in [0.717, 1.165) is 10.3 Å². The van der Waals surface area contributed by atoms with E-state index in [-0.39, 0.29) is 6.04 Å². The first-order valence-corrected chi connectivity index (χ1v) is 6.95. The summed E-state index contributed by atoms with van der Waals surface area (Å²) in [6.45, 7) is 4.61. The summed E-state index contributed by atoms with van der Waals surface area (Å²) in [5.41, 5.74) is 1.19. The standard InChI is InChI=1S/C14H16BrN3O/c1-3-19-14-8-13(16-9-17-14)18-10(2)11-5-4-6-12(15)7-11/h4-10H,3H2,1-2H3,(H,16,17,18). The molecule has 1 heterocycles. The fourth-order valence-corrected chi connectivity index (χ4v) is 2.14. The maximum atomic E-state index is 5.35. The molecule has 1 unspecified atom stereocenters. The SMILES string of the molecule is CCOc1cc(NC(C)c2cccc(Br)c2)ncn1. The van der Waals surface area contributed by atoms with E-state index in [1.54, 1.807) is 6.07 Å². The van der Waals surface area contributed by atoms with Gasteiger partial charge in [0, 0.05) is 16.6 Å². The third-order valence-electron chi connectivity index (χ3n) is 2.65. The van der Waals surface area contributed by atoms with Crippen molar-refractivity contribution < 1.29 is 4.74 Å². The van der Waals surface area contributed by atoms with Gasteiger partial charge in [0.2, 0.25) is 5.88 Å². The zero-order valence-electron chi connectivity index (χ0n) is 10.9. The number of nitrogens with one attached hydrogen (secondary N) is 1. The lowest BCUT2D eigenvalue weighted by Crippen LogP contribution is -2.08. The van der Waals surface area contributed by atoms with Crippen molar-refractivity contribution in [1.82, 2.24) is 9.97 Å². The van der Waals surface area contributed by atoms with Crippen LogP contribution in [0.2, 0.25) is 0 Å². The van der Waals surface area contributed by atoms with E-state index in [1.165, 1.54) is 11.9 Å². The number of aromatic nitrogens is 2. The zero-order valence-corrected chi connectivity index (χ0v) is 12.5. The number of hydrogen-bond donors (Lipinski definition) is 1. The summed E-state index contributed by atoms with van der Waals surface area (Å²) in [7, 11) is 0. The number of halogens is 1. The van der Waals surface area contributed by atoms with Gasteiger partial charge in [0.25, 0.3) is 0 Å². The Morgan fingerprint density at radius 2 is 2.16 bits per heavy atom. The molecule has 100 valence electrons. The van der Waals surface area contributed by atoms with Gasteiger partial charge >= 0.3 is 0 Å². The second-order valence-corrected chi connectivity index (χ2v) is 5.01. The number of benzene rings is 1. The van der Waals surface area contributed by atoms with Crippen molar-refractivity contribution in [3.05, 3.63) is 46.7 Å². The quantitative estimate of drug-likeness (QED) is 0.909. The van der Waals surface area contributed by atoms with Gasteiger partial charge in [0.05, 0.1) is 6.61 Å². The van der Waals surface area contributed by atoms with Crippen LogP contribution in [0.4, 0.5) is 5.82 Å². The van der Waals surface area contributed by atoms with Crippen LogP contribution >= 0.6 is 15.9 Å². The van der Waals surface area contributed by atoms with Gasteiger partial charge in [-0.15, -0.1) is 0 Å². The van der Waals surface area contributed by atoms with Crippen LogP contribution in [0.15, 0.2) is 41.1 Å². The smallest absolute Gasteiger partial charge is 0.218 e. The molecule has 0 aliphatic carbocycles. The Bertz CT molecular complexity index is 548. The van der Waals surface area contributed by atoms with Crippen LogP contribution in [0.25, 0.3) is 0 Å². The number of anilines is 1. The Balaban J connectivity index is 2.10. The number of rotatable bonds is 5. The van der Waals surface area contributed by atoms with Gasteiger partial charge in [0.1, 0.15) is 12.1 Å². The van der Waals surface area contributed by atoms with Crippen molar-refractivity contribution in [2.75, 3.05) is 11.9 Å².